The van der Waals surface area contributed by atoms with E-state index in [1.807, 2.05) is 13.2 Å². The first-order chi connectivity index (χ1) is 4.72. The molecule has 58 valence electrons. The Labute approximate surface area is 69.1 Å². The van der Waals surface area contributed by atoms with Crippen molar-refractivity contribution in [3.05, 3.63) is 0 Å². The molecule has 0 aromatic rings. The van der Waals surface area contributed by atoms with Gasteiger partial charge in [-0.15, -0.1) is 0 Å². The van der Waals surface area contributed by atoms with Crippen molar-refractivity contribution in [1.82, 2.24) is 0 Å². The van der Waals surface area contributed by atoms with Gasteiger partial charge in [0.1, 0.15) is 0 Å². The van der Waals surface area contributed by atoms with Crippen LogP contribution < -0.4 is 0 Å². The lowest BCUT2D eigenvalue weighted by atomic mass is 10.5. The fourth-order valence-electron chi connectivity index (χ4n) is 0.402. The fraction of sp³-hybridized carbons (Fsp3) is 0.667. The second kappa shape index (κ2) is 5.80. The smallest absolute Gasteiger partial charge is 0.255 e. The van der Waals surface area contributed by atoms with Crippen molar-refractivity contribution in [3.63, 3.8) is 0 Å². The molecule has 0 amide bonds. The Morgan fingerprint density at radius 3 is 2.40 bits per heavy atom. The Kier molecular flexibility index (Phi) is 5.82. The molecule has 0 rings (SSSR count). The number of Topliss-reactive ketones (excluding diaryl/α,β-unsaturated/α-hetero) is 1. The minimum Gasteiger partial charge on any atom is -0.289 e. The van der Waals surface area contributed by atoms with Gasteiger partial charge in [-0.3, -0.25) is 9.59 Å². The number of carbonyl (C=O) groups is 2. The third kappa shape index (κ3) is 3.95. The lowest BCUT2D eigenvalue weighted by molar-refractivity contribution is -0.129. The van der Waals surface area contributed by atoms with Crippen molar-refractivity contribution in [2.75, 3.05) is 17.8 Å². The van der Waals surface area contributed by atoms with Crippen molar-refractivity contribution < 1.29 is 9.59 Å². The molecule has 0 aromatic carbocycles. The highest BCUT2D eigenvalue weighted by Gasteiger charge is 2.11. The molecular weight excluding hydrogens is 168 g/mol. The maximum absolute atomic E-state index is 10.7. The average molecular weight is 178 g/mol. The molecule has 0 atom stereocenters. The molecule has 2 nitrogen and oxygen atoms in total. The molecule has 0 spiro atoms. The second-order valence-corrected chi connectivity index (χ2v) is 3.68. The molecule has 0 fully saturated rings. The number of hydrogen-bond donors (Lipinski definition) is 0. The van der Waals surface area contributed by atoms with Crippen LogP contribution >= 0.6 is 23.5 Å². The highest BCUT2D eigenvalue weighted by Crippen LogP contribution is 2.04. The molecule has 0 heterocycles. The van der Waals surface area contributed by atoms with E-state index in [0.717, 1.165) is 11.8 Å². The van der Waals surface area contributed by atoms with Crippen LogP contribution in [0.2, 0.25) is 0 Å². The monoisotopic (exact) mass is 178 g/mol. The van der Waals surface area contributed by atoms with Gasteiger partial charge in [0.05, 0.1) is 5.75 Å². The van der Waals surface area contributed by atoms with Crippen molar-refractivity contribution in [1.29, 1.82) is 0 Å². The minimum atomic E-state index is -0.308. The predicted molar refractivity (Wildman–Crippen MR) is 46.5 cm³/mol. The molecule has 0 N–H and O–H groups in total. The Morgan fingerprint density at radius 1 is 1.40 bits per heavy atom. The number of thioether (sulfide) groups is 2. The highest BCUT2D eigenvalue weighted by molar-refractivity contribution is 8.15. The van der Waals surface area contributed by atoms with E-state index < -0.39 is 0 Å². The van der Waals surface area contributed by atoms with Crippen LogP contribution in [-0.4, -0.2) is 28.7 Å². The lowest BCUT2D eigenvalue weighted by Crippen LogP contribution is -2.12. The van der Waals surface area contributed by atoms with E-state index in [4.69, 9.17) is 0 Å². The van der Waals surface area contributed by atoms with E-state index in [1.165, 1.54) is 11.8 Å². The summed E-state index contributed by atoms with van der Waals surface area (Å²) in [4.78, 5) is 21.5. The van der Waals surface area contributed by atoms with E-state index in [1.54, 1.807) is 0 Å². The molecule has 0 unspecified atom stereocenters. The minimum absolute atomic E-state index is 0.278. The number of hydrogen-bond acceptors (Lipinski definition) is 4. The topological polar surface area (TPSA) is 34.1 Å². The van der Waals surface area contributed by atoms with Crippen molar-refractivity contribution >= 4 is 34.4 Å². The van der Waals surface area contributed by atoms with Crippen molar-refractivity contribution in [2.45, 2.75) is 6.92 Å². The first kappa shape index (κ1) is 10.0. The van der Waals surface area contributed by atoms with Gasteiger partial charge in [0.25, 0.3) is 5.12 Å². The molecule has 0 saturated carbocycles. The molecule has 0 aliphatic carbocycles. The Morgan fingerprint density at radius 2 is 2.00 bits per heavy atom. The fourth-order valence-corrected chi connectivity index (χ4v) is 1.38. The quantitative estimate of drug-likeness (QED) is 0.606. The molecule has 0 bridgehead atoms. The zero-order chi connectivity index (χ0) is 7.98. The van der Waals surface area contributed by atoms with Crippen LogP contribution in [0.25, 0.3) is 0 Å². The molecular formula is C6H10O2S2. The van der Waals surface area contributed by atoms with Crippen LogP contribution in [0.1, 0.15) is 6.92 Å². The van der Waals surface area contributed by atoms with Crippen molar-refractivity contribution in [3.8, 4) is 0 Å². The van der Waals surface area contributed by atoms with Gasteiger partial charge in [-0.2, -0.15) is 11.8 Å². The molecule has 4 heteroatoms. The van der Waals surface area contributed by atoms with Gasteiger partial charge in [0.2, 0.25) is 5.78 Å². The summed E-state index contributed by atoms with van der Waals surface area (Å²) in [5, 5.41) is -0.308. The normalized spacial score (nSPS) is 9.40. The zero-order valence-electron chi connectivity index (χ0n) is 6.05. The third-order valence-corrected chi connectivity index (χ3v) is 2.11. The van der Waals surface area contributed by atoms with Crippen LogP contribution in [0.5, 0.6) is 0 Å². The number of rotatable bonds is 4. The molecule has 0 saturated heterocycles. The first-order valence-electron chi connectivity index (χ1n) is 2.91. The zero-order valence-corrected chi connectivity index (χ0v) is 7.68. The van der Waals surface area contributed by atoms with Crippen LogP contribution in [0.15, 0.2) is 0 Å². The van der Waals surface area contributed by atoms with E-state index >= 15 is 0 Å². The van der Waals surface area contributed by atoms with E-state index in [-0.39, 0.29) is 10.9 Å². The number of ketones is 1. The van der Waals surface area contributed by atoms with Crippen LogP contribution in [-0.2, 0) is 9.59 Å². The molecule has 0 aliphatic rings. The van der Waals surface area contributed by atoms with Gasteiger partial charge in [-0.25, -0.2) is 0 Å². The van der Waals surface area contributed by atoms with Crippen LogP contribution in [0.4, 0.5) is 0 Å². The summed E-state index contributed by atoms with van der Waals surface area (Å²) < 4.78 is 0. The van der Waals surface area contributed by atoms with E-state index in [2.05, 4.69) is 0 Å². The van der Waals surface area contributed by atoms with E-state index in [9.17, 15) is 9.59 Å². The summed E-state index contributed by atoms with van der Waals surface area (Å²) in [6.45, 7) is 1.86. The predicted octanol–water partition coefficient (Wildman–Crippen LogP) is 1.20. The van der Waals surface area contributed by atoms with Gasteiger partial charge >= 0.3 is 0 Å². The summed E-state index contributed by atoms with van der Waals surface area (Å²) >= 11 is 2.46. The lowest BCUT2D eigenvalue weighted by Gasteiger charge is -1.93. The molecule has 0 aromatic heterocycles. The Bertz CT molecular complexity index is 118. The van der Waals surface area contributed by atoms with Gasteiger partial charge in [-0.1, -0.05) is 18.7 Å². The van der Waals surface area contributed by atoms with Gasteiger partial charge in [-0.05, 0) is 12.0 Å². The standard InChI is InChI=1S/C6H10O2S2/c1-3-10-6(8)5(7)4-9-2/h3-4H2,1-2H3. The average Bonchev–Trinajstić information content (AvgIpc) is 1.89. The first-order valence-corrected chi connectivity index (χ1v) is 5.29. The Balaban J connectivity index is 3.60. The summed E-state index contributed by atoms with van der Waals surface area (Å²) in [5.41, 5.74) is 0. The third-order valence-electron chi connectivity index (χ3n) is 0.779. The maximum Gasteiger partial charge on any atom is 0.255 e. The maximum atomic E-state index is 10.7. The summed E-state index contributed by atoms with van der Waals surface area (Å²) in [7, 11) is 0. The summed E-state index contributed by atoms with van der Waals surface area (Å²) in [5.74, 6) is 0.712. The van der Waals surface area contributed by atoms with Gasteiger partial charge in [0, 0.05) is 0 Å². The van der Waals surface area contributed by atoms with Gasteiger partial charge < -0.3 is 0 Å². The summed E-state index contributed by atoms with van der Waals surface area (Å²) in [6, 6.07) is 0. The molecule has 0 aliphatic heterocycles. The molecule has 10 heavy (non-hydrogen) atoms. The molecule has 0 radical (unpaired) electrons. The largest absolute Gasteiger partial charge is 0.289 e. The summed E-state index contributed by atoms with van der Waals surface area (Å²) in [6.07, 6.45) is 1.81. The van der Waals surface area contributed by atoms with E-state index in [0.29, 0.717) is 11.5 Å². The van der Waals surface area contributed by atoms with Crippen LogP contribution in [0.3, 0.4) is 0 Å². The SMILES string of the molecule is CCSC(=O)C(=O)CSC. The highest BCUT2D eigenvalue weighted by atomic mass is 32.2. The Hall–Kier alpha value is 0.0400. The van der Waals surface area contributed by atoms with Gasteiger partial charge in [0.15, 0.2) is 0 Å². The second-order valence-electron chi connectivity index (χ2n) is 1.58. The number of carbonyl (C=O) groups excluding carboxylic acids is 2. The van der Waals surface area contributed by atoms with Crippen molar-refractivity contribution in [2.24, 2.45) is 0 Å². The van der Waals surface area contributed by atoms with Crippen LogP contribution in [0, 0.1) is 0 Å².